The van der Waals surface area contributed by atoms with Crippen molar-refractivity contribution in [1.29, 1.82) is 0 Å². The zero-order chi connectivity index (χ0) is 16.7. The van der Waals surface area contributed by atoms with Crippen molar-refractivity contribution in [2.24, 2.45) is 5.73 Å². The van der Waals surface area contributed by atoms with Gasteiger partial charge in [0.2, 0.25) is 11.7 Å². The second-order valence-electron chi connectivity index (χ2n) is 5.39. The molecule has 2 heterocycles. The molecule has 2 N–H and O–H groups in total. The molecule has 7 heteroatoms. The SMILES string of the molecule is Cc1cccc(Oc2nn3c(C(N)=O)nnc3c3ccccc23)c1. The lowest BCUT2D eigenvalue weighted by Crippen LogP contribution is -2.16. The number of aryl methyl sites for hydroxylation is 1. The average Bonchev–Trinajstić information content (AvgIpc) is 2.99. The lowest BCUT2D eigenvalue weighted by atomic mass is 10.2. The standard InChI is InChI=1S/C17H13N5O2/c1-10-5-4-6-11(9-10)24-17-13-8-3-2-7-12(13)15-19-20-16(14(18)23)22(15)21-17/h2-9H,1H3,(H2,18,23). The summed E-state index contributed by atoms with van der Waals surface area (Å²) in [4.78, 5) is 11.5. The van der Waals surface area contributed by atoms with Crippen molar-refractivity contribution < 1.29 is 9.53 Å². The van der Waals surface area contributed by atoms with Gasteiger partial charge in [-0.05, 0) is 30.7 Å². The zero-order valence-electron chi connectivity index (χ0n) is 12.8. The van der Waals surface area contributed by atoms with Crippen LogP contribution in [0.4, 0.5) is 0 Å². The summed E-state index contributed by atoms with van der Waals surface area (Å²) >= 11 is 0. The molecule has 7 nitrogen and oxygen atoms in total. The summed E-state index contributed by atoms with van der Waals surface area (Å²) in [7, 11) is 0. The second kappa shape index (κ2) is 5.31. The Labute approximate surface area is 136 Å². The Morgan fingerprint density at radius 2 is 1.88 bits per heavy atom. The van der Waals surface area contributed by atoms with Gasteiger partial charge in [-0.1, -0.05) is 30.3 Å². The number of carbonyl (C=O) groups excluding carboxylic acids is 1. The molecule has 0 saturated carbocycles. The minimum atomic E-state index is -0.702. The number of benzene rings is 2. The van der Waals surface area contributed by atoms with E-state index in [0.29, 0.717) is 17.3 Å². The number of rotatable bonds is 3. The number of hydrogen-bond donors (Lipinski definition) is 1. The van der Waals surface area contributed by atoms with Crippen LogP contribution in [0.1, 0.15) is 16.2 Å². The van der Waals surface area contributed by atoms with E-state index in [4.69, 9.17) is 10.5 Å². The highest BCUT2D eigenvalue weighted by Gasteiger charge is 2.18. The monoisotopic (exact) mass is 319 g/mol. The molecule has 0 atom stereocenters. The van der Waals surface area contributed by atoms with E-state index in [9.17, 15) is 4.79 Å². The molecule has 0 aliphatic heterocycles. The van der Waals surface area contributed by atoms with Crippen molar-refractivity contribution in [2.75, 3.05) is 0 Å². The maximum atomic E-state index is 11.5. The third-order valence-electron chi connectivity index (χ3n) is 3.65. The molecular weight excluding hydrogens is 306 g/mol. The van der Waals surface area contributed by atoms with Gasteiger partial charge < -0.3 is 10.5 Å². The van der Waals surface area contributed by atoms with E-state index < -0.39 is 5.91 Å². The summed E-state index contributed by atoms with van der Waals surface area (Å²) in [6.45, 7) is 1.98. The Bertz CT molecular complexity index is 1090. The van der Waals surface area contributed by atoms with E-state index in [1.807, 2.05) is 55.5 Å². The normalized spacial score (nSPS) is 11.0. The fourth-order valence-corrected chi connectivity index (χ4v) is 2.57. The van der Waals surface area contributed by atoms with Crippen molar-refractivity contribution in [2.45, 2.75) is 6.92 Å². The van der Waals surface area contributed by atoms with Crippen LogP contribution in [0.3, 0.4) is 0 Å². The number of amides is 1. The molecule has 24 heavy (non-hydrogen) atoms. The summed E-state index contributed by atoms with van der Waals surface area (Å²) in [6, 6.07) is 15.1. The van der Waals surface area contributed by atoms with E-state index in [1.54, 1.807) is 0 Å². The van der Waals surface area contributed by atoms with Crippen LogP contribution in [0, 0.1) is 6.92 Å². The molecule has 0 aliphatic rings. The summed E-state index contributed by atoms with van der Waals surface area (Å²) in [5.74, 6) is 0.267. The molecule has 0 fully saturated rings. The summed E-state index contributed by atoms with van der Waals surface area (Å²) < 4.78 is 7.26. The zero-order valence-corrected chi connectivity index (χ0v) is 12.8. The summed E-state index contributed by atoms with van der Waals surface area (Å²) in [6.07, 6.45) is 0. The van der Waals surface area contributed by atoms with Crippen LogP contribution in [0.25, 0.3) is 16.4 Å². The van der Waals surface area contributed by atoms with Gasteiger partial charge in [0.05, 0.1) is 0 Å². The van der Waals surface area contributed by atoms with Crippen LogP contribution in [0.5, 0.6) is 11.6 Å². The van der Waals surface area contributed by atoms with Gasteiger partial charge >= 0.3 is 0 Å². The van der Waals surface area contributed by atoms with E-state index in [0.717, 1.165) is 16.3 Å². The van der Waals surface area contributed by atoms with Crippen molar-refractivity contribution in [1.82, 2.24) is 19.8 Å². The van der Waals surface area contributed by atoms with E-state index in [2.05, 4.69) is 15.3 Å². The molecule has 118 valence electrons. The largest absolute Gasteiger partial charge is 0.437 e. The highest BCUT2D eigenvalue weighted by Crippen LogP contribution is 2.30. The molecule has 0 unspecified atom stereocenters. The second-order valence-corrected chi connectivity index (χ2v) is 5.39. The lowest BCUT2D eigenvalue weighted by molar-refractivity contribution is 0.0988. The van der Waals surface area contributed by atoms with Crippen molar-refractivity contribution in [3.63, 3.8) is 0 Å². The first-order valence-electron chi connectivity index (χ1n) is 7.32. The minimum absolute atomic E-state index is 0.0372. The number of ether oxygens (including phenoxy) is 1. The predicted octanol–water partition coefficient (Wildman–Crippen LogP) is 2.48. The van der Waals surface area contributed by atoms with Crippen LogP contribution in [-0.4, -0.2) is 25.7 Å². The topological polar surface area (TPSA) is 95.4 Å². The molecule has 2 aromatic carbocycles. The van der Waals surface area contributed by atoms with Gasteiger partial charge in [-0.15, -0.1) is 15.3 Å². The van der Waals surface area contributed by atoms with Crippen LogP contribution < -0.4 is 10.5 Å². The minimum Gasteiger partial charge on any atom is -0.437 e. The van der Waals surface area contributed by atoms with Crippen molar-refractivity contribution >= 4 is 22.3 Å². The van der Waals surface area contributed by atoms with E-state index in [-0.39, 0.29) is 5.82 Å². The Hall–Kier alpha value is -3.48. The number of carbonyl (C=O) groups is 1. The van der Waals surface area contributed by atoms with Crippen molar-refractivity contribution in [3.05, 3.63) is 59.9 Å². The molecule has 1 amide bonds. The number of hydrogen-bond acceptors (Lipinski definition) is 5. The van der Waals surface area contributed by atoms with E-state index >= 15 is 0 Å². The maximum Gasteiger partial charge on any atom is 0.288 e. The highest BCUT2D eigenvalue weighted by atomic mass is 16.5. The van der Waals surface area contributed by atoms with Crippen LogP contribution in [-0.2, 0) is 0 Å². The van der Waals surface area contributed by atoms with Gasteiger partial charge in [-0.25, -0.2) is 0 Å². The number of fused-ring (bicyclic) bond motifs is 3. The molecule has 4 rings (SSSR count). The van der Waals surface area contributed by atoms with Gasteiger partial charge in [-0.2, -0.15) is 4.52 Å². The van der Waals surface area contributed by atoms with Gasteiger partial charge in [0.15, 0.2) is 5.65 Å². The first-order chi connectivity index (χ1) is 11.6. The predicted molar refractivity (Wildman–Crippen MR) is 88.1 cm³/mol. The maximum absolute atomic E-state index is 11.5. The van der Waals surface area contributed by atoms with Gasteiger partial charge in [0, 0.05) is 10.8 Å². The molecule has 0 bridgehead atoms. The quantitative estimate of drug-likeness (QED) is 0.626. The molecule has 2 aromatic heterocycles. The van der Waals surface area contributed by atoms with Crippen molar-refractivity contribution in [3.8, 4) is 11.6 Å². The number of nitrogens with zero attached hydrogens (tertiary/aromatic N) is 4. The fraction of sp³-hybridized carbons (Fsp3) is 0.0588. The molecular formula is C17H13N5O2. The van der Waals surface area contributed by atoms with Gasteiger partial charge in [-0.3, -0.25) is 4.79 Å². The number of aromatic nitrogens is 4. The molecule has 4 aromatic rings. The van der Waals surface area contributed by atoms with Crippen LogP contribution in [0.2, 0.25) is 0 Å². The summed E-state index contributed by atoms with van der Waals surface area (Å²) in [5, 5.41) is 13.8. The van der Waals surface area contributed by atoms with E-state index in [1.165, 1.54) is 4.52 Å². The first kappa shape index (κ1) is 14.1. The average molecular weight is 319 g/mol. The molecule has 0 spiro atoms. The third-order valence-corrected chi connectivity index (χ3v) is 3.65. The Balaban J connectivity index is 1.98. The smallest absolute Gasteiger partial charge is 0.288 e. The Morgan fingerprint density at radius 3 is 2.62 bits per heavy atom. The highest BCUT2D eigenvalue weighted by molar-refractivity contribution is 5.98. The fourth-order valence-electron chi connectivity index (χ4n) is 2.57. The number of nitrogens with two attached hydrogens (primary N) is 1. The lowest BCUT2D eigenvalue weighted by Gasteiger charge is -2.09. The van der Waals surface area contributed by atoms with Gasteiger partial charge in [0.1, 0.15) is 5.75 Å². The number of primary amides is 1. The van der Waals surface area contributed by atoms with Gasteiger partial charge in [0.25, 0.3) is 5.91 Å². The van der Waals surface area contributed by atoms with Crippen LogP contribution in [0.15, 0.2) is 48.5 Å². The molecule has 0 aliphatic carbocycles. The molecule has 0 radical (unpaired) electrons. The first-order valence-corrected chi connectivity index (χ1v) is 7.32. The third kappa shape index (κ3) is 2.23. The Kier molecular flexibility index (Phi) is 3.13. The van der Waals surface area contributed by atoms with Crippen LogP contribution >= 0.6 is 0 Å². The Morgan fingerprint density at radius 1 is 1.08 bits per heavy atom. The molecule has 0 saturated heterocycles. The summed E-state index contributed by atoms with van der Waals surface area (Å²) in [5.41, 5.74) is 6.87.